The van der Waals surface area contributed by atoms with E-state index in [9.17, 15) is 4.79 Å². The summed E-state index contributed by atoms with van der Waals surface area (Å²) in [5.74, 6) is 0.778. The van der Waals surface area contributed by atoms with Crippen molar-refractivity contribution in [3.05, 3.63) is 106 Å². The van der Waals surface area contributed by atoms with E-state index in [0.29, 0.717) is 30.4 Å². The number of H-pyrrole nitrogens is 1. The van der Waals surface area contributed by atoms with Crippen LogP contribution in [0.4, 0.5) is 5.69 Å². The topological polar surface area (TPSA) is 57.4 Å². The minimum absolute atomic E-state index is 0.122. The summed E-state index contributed by atoms with van der Waals surface area (Å²) in [7, 11) is 0. The predicted molar refractivity (Wildman–Crippen MR) is 139 cm³/mol. The summed E-state index contributed by atoms with van der Waals surface area (Å²) < 4.78 is 5.63. The molecule has 0 aliphatic heterocycles. The molecule has 0 atom stereocenters. The maximum atomic E-state index is 12.9. The number of anilines is 1. The first kappa shape index (κ1) is 22.6. The van der Waals surface area contributed by atoms with Crippen LogP contribution in [0, 0.1) is 6.92 Å². The number of rotatable bonds is 7. The van der Waals surface area contributed by atoms with Gasteiger partial charge < -0.3 is 19.9 Å². The number of fused-ring (bicyclic) bond motifs is 1. The first-order valence-electron chi connectivity index (χ1n) is 11.0. The van der Waals surface area contributed by atoms with Gasteiger partial charge in [0, 0.05) is 28.7 Å². The summed E-state index contributed by atoms with van der Waals surface area (Å²) in [6.45, 7) is 5.53. The highest BCUT2D eigenvalue weighted by molar-refractivity contribution is 7.80. The lowest BCUT2D eigenvalue weighted by molar-refractivity contribution is 0.340. The van der Waals surface area contributed by atoms with Crippen LogP contribution in [-0.4, -0.2) is 21.6 Å². The number of nitrogens with one attached hydrogen (secondary N) is 2. The molecule has 1 heterocycles. The lowest BCUT2D eigenvalue weighted by Gasteiger charge is -2.26. The molecule has 33 heavy (non-hydrogen) atoms. The van der Waals surface area contributed by atoms with E-state index in [1.165, 1.54) is 0 Å². The molecule has 4 rings (SSSR count). The highest BCUT2D eigenvalue weighted by Crippen LogP contribution is 2.20. The number of hydrogen-bond donors (Lipinski definition) is 2. The van der Waals surface area contributed by atoms with Gasteiger partial charge in [-0.05, 0) is 73.6 Å². The van der Waals surface area contributed by atoms with Crippen LogP contribution in [0.15, 0.2) is 83.7 Å². The lowest BCUT2D eigenvalue weighted by atomic mass is 10.1. The van der Waals surface area contributed by atoms with Gasteiger partial charge in [-0.1, -0.05) is 42.5 Å². The Morgan fingerprint density at radius 3 is 2.58 bits per heavy atom. The molecule has 0 aliphatic carbocycles. The van der Waals surface area contributed by atoms with E-state index in [1.807, 2.05) is 85.5 Å². The van der Waals surface area contributed by atoms with Gasteiger partial charge in [-0.2, -0.15) is 0 Å². The van der Waals surface area contributed by atoms with Crippen LogP contribution >= 0.6 is 12.2 Å². The van der Waals surface area contributed by atoms with E-state index in [2.05, 4.69) is 22.4 Å². The van der Waals surface area contributed by atoms with E-state index in [0.717, 1.165) is 33.5 Å². The molecule has 168 valence electrons. The molecular weight excluding hydrogens is 430 g/mol. The van der Waals surface area contributed by atoms with Crippen molar-refractivity contribution in [2.45, 2.75) is 26.9 Å². The zero-order valence-corrected chi connectivity index (χ0v) is 19.6. The minimum Gasteiger partial charge on any atom is -0.494 e. The summed E-state index contributed by atoms with van der Waals surface area (Å²) >= 11 is 5.78. The predicted octanol–water partition coefficient (Wildman–Crippen LogP) is 5.63. The highest BCUT2D eigenvalue weighted by Gasteiger charge is 2.15. The van der Waals surface area contributed by atoms with Crippen LogP contribution in [0.3, 0.4) is 0 Å². The van der Waals surface area contributed by atoms with Crippen molar-refractivity contribution < 1.29 is 4.74 Å². The number of benzene rings is 3. The summed E-state index contributed by atoms with van der Waals surface area (Å²) in [6.07, 6.45) is 0. The Balaban J connectivity index is 1.65. The standard InChI is InChI=1S/C27H27N3O2S/c1-3-32-24-12-13-25-21(16-24)15-22(26(31)29-25)18-30(17-20-9-5-4-6-10-20)27(33)28-23-11-7-8-19(2)14-23/h4-16H,3,17-18H2,1-2H3,(H,28,33)(H,29,31). The van der Waals surface area contributed by atoms with E-state index in [-0.39, 0.29) is 5.56 Å². The Labute approximate surface area is 199 Å². The Bertz CT molecular complexity index is 1320. The molecule has 0 unspecified atom stereocenters. The van der Waals surface area contributed by atoms with Crippen LogP contribution in [0.2, 0.25) is 0 Å². The molecule has 0 amide bonds. The zero-order chi connectivity index (χ0) is 23.2. The van der Waals surface area contributed by atoms with Crippen molar-refractivity contribution in [1.29, 1.82) is 0 Å². The van der Waals surface area contributed by atoms with E-state index in [4.69, 9.17) is 17.0 Å². The molecule has 0 fully saturated rings. The third-order valence-corrected chi connectivity index (χ3v) is 5.70. The second-order valence-electron chi connectivity index (χ2n) is 7.95. The largest absolute Gasteiger partial charge is 0.494 e. The first-order valence-corrected chi connectivity index (χ1v) is 11.4. The molecule has 1 aromatic heterocycles. The molecular formula is C27H27N3O2S. The second kappa shape index (κ2) is 10.3. The van der Waals surface area contributed by atoms with Crippen LogP contribution in [-0.2, 0) is 13.1 Å². The van der Waals surface area contributed by atoms with E-state index in [1.54, 1.807) is 0 Å². The molecule has 2 N–H and O–H groups in total. The fourth-order valence-electron chi connectivity index (χ4n) is 3.74. The average Bonchev–Trinajstić information content (AvgIpc) is 2.80. The fourth-order valence-corrected chi connectivity index (χ4v) is 3.99. The smallest absolute Gasteiger partial charge is 0.253 e. The normalized spacial score (nSPS) is 10.7. The summed E-state index contributed by atoms with van der Waals surface area (Å²) in [6, 6.07) is 25.8. The fraction of sp³-hybridized carbons (Fsp3) is 0.185. The summed E-state index contributed by atoms with van der Waals surface area (Å²) in [5, 5.41) is 4.82. The number of aromatic amines is 1. The number of hydrogen-bond acceptors (Lipinski definition) is 3. The van der Waals surface area contributed by atoms with Crippen LogP contribution < -0.4 is 15.6 Å². The van der Waals surface area contributed by atoms with Crippen molar-refractivity contribution in [3.63, 3.8) is 0 Å². The molecule has 0 bridgehead atoms. The quantitative estimate of drug-likeness (QED) is 0.352. The molecule has 4 aromatic rings. The number of aryl methyl sites for hydroxylation is 1. The Kier molecular flexibility index (Phi) is 7.05. The monoisotopic (exact) mass is 457 g/mol. The number of ether oxygens (including phenoxy) is 1. The first-order chi connectivity index (χ1) is 16.0. The number of nitrogens with zero attached hydrogens (tertiary/aromatic N) is 1. The van der Waals surface area contributed by atoms with Gasteiger partial charge in [0.1, 0.15) is 5.75 Å². The van der Waals surface area contributed by atoms with Gasteiger partial charge in [0.15, 0.2) is 5.11 Å². The maximum absolute atomic E-state index is 12.9. The molecule has 3 aromatic carbocycles. The molecule has 6 heteroatoms. The van der Waals surface area contributed by atoms with E-state index >= 15 is 0 Å². The van der Waals surface area contributed by atoms with Gasteiger partial charge >= 0.3 is 0 Å². The SMILES string of the molecule is CCOc1ccc2[nH]c(=O)c(CN(Cc3ccccc3)C(=S)Nc3cccc(C)c3)cc2c1. The second-order valence-corrected chi connectivity index (χ2v) is 8.33. The summed E-state index contributed by atoms with van der Waals surface area (Å²) in [5.41, 5.74) is 4.48. The zero-order valence-electron chi connectivity index (χ0n) is 18.8. The van der Waals surface area contributed by atoms with Gasteiger partial charge in [-0.3, -0.25) is 4.79 Å². The molecule has 0 spiro atoms. The van der Waals surface area contributed by atoms with Gasteiger partial charge in [0.25, 0.3) is 5.56 Å². The highest BCUT2D eigenvalue weighted by atomic mass is 32.1. The molecule has 0 saturated carbocycles. The maximum Gasteiger partial charge on any atom is 0.253 e. The van der Waals surface area contributed by atoms with Gasteiger partial charge in [0.2, 0.25) is 0 Å². The van der Waals surface area contributed by atoms with Crippen LogP contribution in [0.5, 0.6) is 5.75 Å². The third kappa shape index (κ3) is 5.79. The Hall–Kier alpha value is -3.64. The van der Waals surface area contributed by atoms with Gasteiger partial charge in [-0.25, -0.2) is 0 Å². The van der Waals surface area contributed by atoms with Crippen molar-refractivity contribution in [2.24, 2.45) is 0 Å². The van der Waals surface area contributed by atoms with Crippen molar-refractivity contribution in [1.82, 2.24) is 9.88 Å². The van der Waals surface area contributed by atoms with Gasteiger partial charge in [-0.15, -0.1) is 0 Å². The Morgan fingerprint density at radius 1 is 1.00 bits per heavy atom. The van der Waals surface area contributed by atoms with Crippen LogP contribution in [0.25, 0.3) is 10.9 Å². The molecule has 0 aliphatic rings. The Morgan fingerprint density at radius 2 is 1.82 bits per heavy atom. The number of thiocarbonyl (C=S) groups is 1. The van der Waals surface area contributed by atoms with Crippen molar-refractivity contribution in [2.75, 3.05) is 11.9 Å². The molecule has 5 nitrogen and oxygen atoms in total. The average molecular weight is 458 g/mol. The minimum atomic E-state index is -0.122. The van der Waals surface area contributed by atoms with Crippen molar-refractivity contribution >= 4 is 33.9 Å². The third-order valence-electron chi connectivity index (χ3n) is 5.34. The summed E-state index contributed by atoms with van der Waals surface area (Å²) in [4.78, 5) is 17.9. The molecule has 0 saturated heterocycles. The molecule has 0 radical (unpaired) electrons. The van der Waals surface area contributed by atoms with Gasteiger partial charge in [0.05, 0.1) is 13.2 Å². The number of pyridine rings is 1. The number of aromatic nitrogens is 1. The van der Waals surface area contributed by atoms with Crippen molar-refractivity contribution in [3.8, 4) is 5.75 Å². The van der Waals surface area contributed by atoms with E-state index < -0.39 is 0 Å². The lowest BCUT2D eigenvalue weighted by Crippen LogP contribution is -2.35. The van der Waals surface area contributed by atoms with Crippen LogP contribution in [0.1, 0.15) is 23.6 Å².